The quantitative estimate of drug-likeness (QED) is 0.669. The number of carbonyl (C=O) groups excluding carboxylic acids is 1. The molecule has 3 aromatic rings. The van der Waals surface area contributed by atoms with Crippen LogP contribution in [0.1, 0.15) is 34.4 Å². The highest BCUT2D eigenvalue weighted by Crippen LogP contribution is 2.22. The number of para-hydroxylation sites is 1. The van der Waals surface area contributed by atoms with Crippen molar-refractivity contribution >= 4 is 11.6 Å². The summed E-state index contributed by atoms with van der Waals surface area (Å²) in [6.07, 6.45) is 0.826. The normalized spacial score (nSPS) is 10.6. The number of anilines is 1. The average Bonchev–Trinajstić information content (AvgIpc) is 3.12. The number of rotatable bonds is 6. The van der Waals surface area contributed by atoms with E-state index in [1.54, 1.807) is 12.1 Å². The maximum absolute atomic E-state index is 12.9. The van der Waals surface area contributed by atoms with E-state index in [2.05, 4.69) is 5.32 Å². The van der Waals surface area contributed by atoms with Gasteiger partial charge in [0.1, 0.15) is 23.9 Å². The molecule has 26 heavy (non-hydrogen) atoms. The Balaban J connectivity index is 1.66. The highest BCUT2D eigenvalue weighted by atomic mass is 19.1. The van der Waals surface area contributed by atoms with Crippen molar-refractivity contribution < 1.29 is 18.3 Å². The molecule has 2 aromatic carbocycles. The van der Waals surface area contributed by atoms with Crippen LogP contribution in [0.25, 0.3) is 0 Å². The molecule has 0 saturated carbocycles. The van der Waals surface area contributed by atoms with Gasteiger partial charge in [0.2, 0.25) is 0 Å². The van der Waals surface area contributed by atoms with Crippen LogP contribution in [-0.4, -0.2) is 5.91 Å². The van der Waals surface area contributed by atoms with Crippen molar-refractivity contribution in [3.63, 3.8) is 0 Å². The first kappa shape index (κ1) is 17.7. The van der Waals surface area contributed by atoms with Gasteiger partial charge >= 0.3 is 0 Å². The molecule has 0 aliphatic heterocycles. The number of furan rings is 1. The second-order valence-electron chi connectivity index (χ2n) is 5.93. The molecule has 3 rings (SSSR count). The second-order valence-corrected chi connectivity index (χ2v) is 5.93. The number of hydrogen-bond acceptors (Lipinski definition) is 3. The van der Waals surface area contributed by atoms with Crippen LogP contribution in [0, 0.1) is 12.7 Å². The summed E-state index contributed by atoms with van der Waals surface area (Å²) in [5, 5.41) is 2.92. The zero-order chi connectivity index (χ0) is 18.5. The Kier molecular flexibility index (Phi) is 5.37. The van der Waals surface area contributed by atoms with Crippen molar-refractivity contribution in [1.82, 2.24) is 0 Å². The Hall–Kier alpha value is -3.08. The Labute approximate surface area is 151 Å². The Morgan fingerprint density at radius 2 is 1.88 bits per heavy atom. The molecule has 134 valence electrons. The van der Waals surface area contributed by atoms with Crippen LogP contribution in [0.15, 0.2) is 59.0 Å². The van der Waals surface area contributed by atoms with E-state index < -0.39 is 0 Å². The van der Waals surface area contributed by atoms with E-state index in [1.807, 2.05) is 32.0 Å². The molecule has 0 fully saturated rings. The number of amides is 1. The van der Waals surface area contributed by atoms with Crippen molar-refractivity contribution in [3.8, 4) is 5.75 Å². The Morgan fingerprint density at radius 3 is 2.62 bits per heavy atom. The van der Waals surface area contributed by atoms with E-state index >= 15 is 0 Å². The zero-order valence-electron chi connectivity index (χ0n) is 14.7. The summed E-state index contributed by atoms with van der Waals surface area (Å²) >= 11 is 0. The first-order valence-electron chi connectivity index (χ1n) is 8.43. The van der Waals surface area contributed by atoms with E-state index in [0.29, 0.717) is 11.5 Å². The fourth-order valence-electron chi connectivity index (χ4n) is 2.64. The van der Waals surface area contributed by atoms with Crippen LogP contribution < -0.4 is 10.1 Å². The lowest BCUT2D eigenvalue weighted by Crippen LogP contribution is -2.13. The fraction of sp³-hybridized carbons (Fsp3) is 0.190. The molecule has 0 radical (unpaired) electrons. The molecule has 0 bridgehead atoms. The van der Waals surface area contributed by atoms with Gasteiger partial charge in [-0.15, -0.1) is 0 Å². The topological polar surface area (TPSA) is 51.5 Å². The van der Waals surface area contributed by atoms with E-state index in [1.165, 1.54) is 24.3 Å². The molecule has 0 spiro atoms. The summed E-state index contributed by atoms with van der Waals surface area (Å²) in [4.78, 5) is 12.5. The van der Waals surface area contributed by atoms with Crippen molar-refractivity contribution in [3.05, 3.63) is 83.1 Å². The molecule has 5 heteroatoms. The van der Waals surface area contributed by atoms with Gasteiger partial charge in [0.15, 0.2) is 5.76 Å². The second kappa shape index (κ2) is 7.87. The summed E-state index contributed by atoms with van der Waals surface area (Å²) in [5.74, 6) is 0.633. The molecule has 0 aliphatic carbocycles. The minimum absolute atomic E-state index is 0.156. The van der Waals surface area contributed by atoms with E-state index in [-0.39, 0.29) is 24.1 Å². The first-order chi connectivity index (χ1) is 12.6. The van der Waals surface area contributed by atoms with Gasteiger partial charge in [0.25, 0.3) is 5.91 Å². The molecule has 1 N–H and O–H groups in total. The third kappa shape index (κ3) is 4.11. The summed E-state index contributed by atoms with van der Waals surface area (Å²) in [6.45, 7) is 4.16. The lowest BCUT2D eigenvalue weighted by atomic mass is 10.1. The van der Waals surface area contributed by atoms with Crippen LogP contribution >= 0.6 is 0 Å². The monoisotopic (exact) mass is 353 g/mol. The third-order valence-electron chi connectivity index (χ3n) is 4.06. The maximum Gasteiger partial charge on any atom is 0.291 e. The van der Waals surface area contributed by atoms with Crippen LogP contribution in [0.4, 0.5) is 10.1 Å². The standard InChI is InChI=1S/C21H20FNO3/c1-3-15-6-4-5-14(2)20(15)23-21(24)19-12-11-18(26-19)13-25-17-9-7-16(22)8-10-17/h4-12H,3,13H2,1-2H3,(H,23,24). The summed E-state index contributed by atoms with van der Waals surface area (Å²) in [7, 11) is 0. The van der Waals surface area contributed by atoms with Crippen molar-refractivity contribution in [1.29, 1.82) is 0 Å². The van der Waals surface area contributed by atoms with Gasteiger partial charge in [-0.3, -0.25) is 4.79 Å². The maximum atomic E-state index is 12.9. The molecular formula is C21H20FNO3. The number of benzene rings is 2. The molecule has 0 unspecified atom stereocenters. The van der Waals surface area contributed by atoms with Gasteiger partial charge in [-0.2, -0.15) is 0 Å². The predicted molar refractivity (Wildman–Crippen MR) is 98.0 cm³/mol. The number of carbonyl (C=O) groups is 1. The lowest BCUT2D eigenvalue weighted by Gasteiger charge is -2.12. The van der Waals surface area contributed by atoms with Crippen LogP contribution in [0.5, 0.6) is 5.75 Å². The van der Waals surface area contributed by atoms with E-state index in [0.717, 1.165) is 23.2 Å². The molecule has 4 nitrogen and oxygen atoms in total. The van der Waals surface area contributed by atoms with Gasteiger partial charge in [0, 0.05) is 5.69 Å². The van der Waals surface area contributed by atoms with Gasteiger partial charge in [-0.25, -0.2) is 4.39 Å². The predicted octanol–water partition coefficient (Wildman–Crippen LogP) is 5.12. The fourth-order valence-corrected chi connectivity index (χ4v) is 2.64. The molecule has 0 aliphatic rings. The Bertz CT molecular complexity index is 900. The average molecular weight is 353 g/mol. The number of nitrogens with one attached hydrogen (secondary N) is 1. The molecular weight excluding hydrogens is 333 g/mol. The third-order valence-corrected chi connectivity index (χ3v) is 4.06. The van der Waals surface area contributed by atoms with Gasteiger partial charge in [-0.05, 0) is 60.9 Å². The SMILES string of the molecule is CCc1cccc(C)c1NC(=O)c1ccc(COc2ccc(F)cc2)o1. The van der Waals surface area contributed by atoms with Gasteiger partial charge in [0.05, 0.1) is 0 Å². The number of ether oxygens (including phenoxy) is 1. The van der Waals surface area contributed by atoms with Crippen LogP contribution in [0.2, 0.25) is 0 Å². The molecule has 0 atom stereocenters. The van der Waals surface area contributed by atoms with Crippen molar-refractivity contribution in [2.45, 2.75) is 26.9 Å². The summed E-state index contributed by atoms with van der Waals surface area (Å²) < 4.78 is 24.0. The Morgan fingerprint density at radius 1 is 1.12 bits per heavy atom. The van der Waals surface area contributed by atoms with E-state index in [4.69, 9.17) is 9.15 Å². The van der Waals surface area contributed by atoms with Crippen molar-refractivity contribution in [2.75, 3.05) is 5.32 Å². The first-order valence-corrected chi connectivity index (χ1v) is 8.43. The minimum Gasteiger partial charge on any atom is -0.486 e. The van der Waals surface area contributed by atoms with Gasteiger partial charge < -0.3 is 14.5 Å². The molecule has 1 heterocycles. The zero-order valence-corrected chi connectivity index (χ0v) is 14.7. The summed E-state index contributed by atoms with van der Waals surface area (Å²) in [6, 6.07) is 15.0. The highest BCUT2D eigenvalue weighted by Gasteiger charge is 2.14. The van der Waals surface area contributed by atoms with E-state index in [9.17, 15) is 9.18 Å². The molecule has 1 amide bonds. The van der Waals surface area contributed by atoms with Gasteiger partial charge in [-0.1, -0.05) is 25.1 Å². The number of halogens is 1. The number of hydrogen-bond donors (Lipinski definition) is 1. The minimum atomic E-state index is -0.322. The largest absolute Gasteiger partial charge is 0.486 e. The molecule has 1 aromatic heterocycles. The van der Waals surface area contributed by atoms with Crippen LogP contribution in [-0.2, 0) is 13.0 Å². The molecule has 0 saturated heterocycles. The lowest BCUT2D eigenvalue weighted by molar-refractivity contribution is 0.0992. The number of aryl methyl sites for hydroxylation is 2. The smallest absolute Gasteiger partial charge is 0.291 e. The summed E-state index contributed by atoms with van der Waals surface area (Å²) in [5.41, 5.74) is 2.90. The van der Waals surface area contributed by atoms with Crippen molar-refractivity contribution in [2.24, 2.45) is 0 Å². The highest BCUT2D eigenvalue weighted by molar-refractivity contribution is 6.03. The van der Waals surface area contributed by atoms with Crippen LogP contribution in [0.3, 0.4) is 0 Å².